The molecular formula is C19H24FN3O. The molecule has 0 radical (unpaired) electrons. The molecule has 24 heavy (non-hydrogen) atoms. The van der Waals surface area contributed by atoms with Crippen LogP contribution in [0.4, 0.5) is 10.1 Å². The molecule has 0 unspecified atom stereocenters. The number of hydrogen-bond donors (Lipinski definition) is 1. The van der Waals surface area contributed by atoms with Gasteiger partial charge in [-0.1, -0.05) is 31.5 Å². The summed E-state index contributed by atoms with van der Waals surface area (Å²) in [6.07, 6.45) is 4.21. The summed E-state index contributed by atoms with van der Waals surface area (Å²) in [6, 6.07) is 10.3. The van der Waals surface area contributed by atoms with Gasteiger partial charge in [-0.25, -0.2) is 4.39 Å². The molecule has 1 N–H and O–H groups in total. The number of halogens is 1. The summed E-state index contributed by atoms with van der Waals surface area (Å²) in [4.78, 5) is 18.2. The minimum atomic E-state index is -0.192. The second kappa shape index (κ2) is 9.01. The molecule has 4 nitrogen and oxygen atoms in total. The van der Waals surface area contributed by atoms with Crippen molar-refractivity contribution in [2.24, 2.45) is 0 Å². The van der Waals surface area contributed by atoms with Gasteiger partial charge in [0.05, 0.1) is 0 Å². The van der Waals surface area contributed by atoms with Crippen LogP contribution in [0.1, 0.15) is 35.8 Å². The maximum Gasteiger partial charge on any atom is 0.272 e. The Labute approximate surface area is 142 Å². The lowest BCUT2D eigenvalue weighted by atomic mass is 10.1. The van der Waals surface area contributed by atoms with Crippen LogP contribution < -0.4 is 5.32 Å². The number of carbonyl (C=O) groups is 1. The van der Waals surface area contributed by atoms with E-state index in [1.807, 2.05) is 12.1 Å². The molecule has 0 bridgehead atoms. The van der Waals surface area contributed by atoms with Crippen LogP contribution in [0, 0.1) is 5.82 Å². The zero-order valence-corrected chi connectivity index (χ0v) is 14.3. The van der Waals surface area contributed by atoms with Gasteiger partial charge in [0.2, 0.25) is 0 Å². The fourth-order valence-electron chi connectivity index (χ4n) is 2.39. The maximum atomic E-state index is 13.6. The van der Waals surface area contributed by atoms with Crippen LogP contribution in [-0.2, 0) is 6.42 Å². The Balaban J connectivity index is 1.93. The zero-order chi connectivity index (χ0) is 17.4. The van der Waals surface area contributed by atoms with Crippen molar-refractivity contribution < 1.29 is 9.18 Å². The molecule has 0 fully saturated rings. The summed E-state index contributed by atoms with van der Waals surface area (Å²) in [5.41, 5.74) is 1.91. The monoisotopic (exact) mass is 329 g/mol. The minimum Gasteiger partial charge on any atom is -0.385 e. The van der Waals surface area contributed by atoms with Gasteiger partial charge in [0.25, 0.3) is 5.91 Å². The number of nitrogens with zero attached hydrogens (tertiary/aromatic N) is 2. The van der Waals surface area contributed by atoms with Crippen molar-refractivity contribution in [3.05, 3.63) is 59.7 Å². The molecule has 0 saturated heterocycles. The van der Waals surface area contributed by atoms with E-state index in [1.165, 1.54) is 6.07 Å². The molecule has 128 valence electrons. The third-order valence-corrected chi connectivity index (χ3v) is 3.85. The van der Waals surface area contributed by atoms with E-state index in [2.05, 4.69) is 17.2 Å². The number of amides is 1. The fraction of sp³-hybridized carbons (Fsp3) is 0.368. The second-order valence-corrected chi connectivity index (χ2v) is 5.78. The van der Waals surface area contributed by atoms with Crippen molar-refractivity contribution in [3.63, 3.8) is 0 Å². The third kappa shape index (κ3) is 5.05. The maximum absolute atomic E-state index is 13.6. The highest BCUT2D eigenvalue weighted by molar-refractivity contribution is 5.92. The first-order valence-electron chi connectivity index (χ1n) is 8.30. The standard InChI is InChI=1S/C19H24FN3O/c1-3-4-13-23(2)19(24)18-14-16(10-12-22-18)21-11-9-15-7-5-6-8-17(15)20/h5-8,10,12,14H,3-4,9,11,13H2,1-2H3,(H,21,22). The van der Waals surface area contributed by atoms with Crippen molar-refractivity contribution in [1.82, 2.24) is 9.88 Å². The highest BCUT2D eigenvalue weighted by Gasteiger charge is 2.13. The van der Waals surface area contributed by atoms with Gasteiger partial charge in [-0.2, -0.15) is 0 Å². The molecule has 5 heteroatoms. The number of benzene rings is 1. The molecule has 1 aromatic heterocycles. The highest BCUT2D eigenvalue weighted by atomic mass is 19.1. The van der Waals surface area contributed by atoms with Crippen molar-refractivity contribution in [2.45, 2.75) is 26.2 Å². The van der Waals surface area contributed by atoms with Gasteiger partial charge in [0.1, 0.15) is 11.5 Å². The van der Waals surface area contributed by atoms with Crippen LogP contribution in [0.25, 0.3) is 0 Å². The third-order valence-electron chi connectivity index (χ3n) is 3.85. The Morgan fingerprint density at radius 2 is 2.08 bits per heavy atom. The Morgan fingerprint density at radius 3 is 2.83 bits per heavy atom. The predicted octanol–water partition coefficient (Wildman–Crippen LogP) is 3.75. The van der Waals surface area contributed by atoms with Crippen LogP contribution in [0.3, 0.4) is 0 Å². The van der Waals surface area contributed by atoms with Crippen LogP contribution in [0.15, 0.2) is 42.6 Å². The number of aromatic nitrogens is 1. The summed E-state index contributed by atoms with van der Waals surface area (Å²) >= 11 is 0. The number of carbonyl (C=O) groups excluding carboxylic acids is 1. The van der Waals surface area contributed by atoms with E-state index in [0.29, 0.717) is 24.2 Å². The molecule has 1 heterocycles. The number of pyridine rings is 1. The normalized spacial score (nSPS) is 10.5. The van der Waals surface area contributed by atoms with Gasteiger partial charge in [0, 0.05) is 32.0 Å². The van der Waals surface area contributed by atoms with Gasteiger partial charge in [-0.3, -0.25) is 9.78 Å². The quantitative estimate of drug-likeness (QED) is 0.802. The van der Waals surface area contributed by atoms with E-state index in [0.717, 1.165) is 25.1 Å². The van der Waals surface area contributed by atoms with Crippen molar-refractivity contribution in [1.29, 1.82) is 0 Å². The lowest BCUT2D eigenvalue weighted by Crippen LogP contribution is -2.28. The summed E-state index contributed by atoms with van der Waals surface area (Å²) in [6.45, 7) is 3.41. The molecule has 1 aromatic carbocycles. The van der Waals surface area contributed by atoms with Gasteiger partial charge in [-0.05, 0) is 36.6 Å². The lowest BCUT2D eigenvalue weighted by Gasteiger charge is -2.16. The van der Waals surface area contributed by atoms with E-state index in [4.69, 9.17) is 0 Å². The zero-order valence-electron chi connectivity index (χ0n) is 14.3. The first kappa shape index (κ1) is 17.9. The number of nitrogens with one attached hydrogen (secondary N) is 1. The molecule has 0 aliphatic carbocycles. The second-order valence-electron chi connectivity index (χ2n) is 5.78. The average molecular weight is 329 g/mol. The fourth-order valence-corrected chi connectivity index (χ4v) is 2.39. The van der Waals surface area contributed by atoms with Gasteiger partial charge in [0.15, 0.2) is 0 Å². The van der Waals surface area contributed by atoms with Crippen LogP contribution in [0.5, 0.6) is 0 Å². The molecule has 0 saturated carbocycles. The summed E-state index contributed by atoms with van der Waals surface area (Å²) in [5.74, 6) is -0.274. The Bertz CT molecular complexity index is 675. The van der Waals surface area contributed by atoms with E-state index >= 15 is 0 Å². The number of anilines is 1. The van der Waals surface area contributed by atoms with Gasteiger partial charge in [-0.15, -0.1) is 0 Å². The molecule has 0 spiro atoms. The largest absolute Gasteiger partial charge is 0.385 e. The first-order valence-corrected chi connectivity index (χ1v) is 8.30. The SMILES string of the molecule is CCCCN(C)C(=O)c1cc(NCCc2ccccc2F)ccn1. The molecular weight excluding hydrogens is 305 g/mol. The smallest absolute Gasteiger partial charge is 0.272 e. The van der Waals surface area contributed by atoms with Gasteiger partial charge < -0.3 is 10.2 Å². The summed E-state index contributed by atoms with van der Waals surface area (Å²) in [5, 5.41) is 3.22. The van der Waals surface area contributed by atoms with E-state index in [1.54, 1.807) is 36.3 Å². The van der Waals surface area contributed by atoms with E-state index in [9.17, 15) is 9.18 Å². The molecule has 0 atom stereocenters. The van der Waals surface area contributed by atoms with Crippen molar-refractivity contribution in [3.8, 4) is 0 Å². The van der Waals surface area contributed by atoms with Crippen molar-refractivity contribution >= 4 is 11.6 Å². The molecule has 2 aromatic rings. The van der Waals surface area contributed by atoms with Crippen LogP contribution in [0.2, 0.25) is 0 Å². The minimum absolute atomic E-state index is 0.0822. The Kier molecular flexibility index (Phi) is 6.73. The Morgan fingerprint density at radius 1 is 1.29 bits per heavy atom. The van der Waals surface area contributed by atoms with E-state index in [-0.39, 0.29) is 11.7 Å². The first-order chi connectivity index (χ1) is 11.6. The molecule has 0 aliphatic rings. The van der Waals surface area contributed by atoms with Crippen LogP contribution >= 0.6 is 0 Å². The van der Waals surface area contributed by atoms with Crippen LogP contribution in [-0.4, -0.2) is 35.9 Å². The molecule has 0 aliphatic heterocycles. The number of rotatable bonds is 8. The Hall–Kier alpha value is -2.43. The topological polar surface area (TPSA) is 45.2 Å². The lowest BCUT2D eigenvalue weighted by molar-refractivity contribution is 0.0787. The molecule has 1 amide bonds. The average Bonchev–Trinajstić information content (AvgIpc) is 2.61. The highest BCUT2D eigenvalue weighted by Crippen LogP contribution is 2.12. The van der Waals surface area contributed by atoms with Gasteiger partial charge >= 0.3 is 0 Å². The number of hydrogen-bond acceptors (Lipinski definition) is 3. The van der Waals surface area contributed by atoms with E-state index < -0.39 is 0 Å². The van der Waals surface area contributed by atoms with Crippen molar-refractivity contribution in [2.75, 3.05) is 25.5 Å². The summed E-state index contributed by atoms with van der Waals surface area (Å²) < 4.78 is 13.6. The number of unbranched alkanes of at least 4 members (excludes halogenated alkanes) is 1. The molecule has 2 rings (SSSR count). The summed E-state index contributed by atoms with van der Waals surface area (Å²) in [7, 11) is 1.79. The predicted molar refractivity (Wildman–Crippen MR) is 94.7 cm³/mol.